The Morgan fingerprint density at radius 2 is 1.93 bits per heavy atom. The monoisotopic (exact) mass is 427 g/mol. The van der Waals surface area contributed by atoms with Gasteiger partial charge in [0, 0.05) is 45.3 Å². The third-order valence-corrected chi connectivity index (χ3v) is 5.64. The maximum absolute atomic E-state index is 12.7. The van der Waals surface area contributed by atoms with Crippen LogP contribution in [0.15, 0.2) is 29.3 Å². The minimum absolute atomic E-state index is 0.290. The Bertz CT molecular complexity index is 658. The Morgan fingerprint density at radius 3 is 2.53 bits per heavy atom. The molecule has 1 aromatic carbocycles. The lowest BCUT2D eigenvalue weighted by Crippen LogP contribution is -2.44. The molecule has 1 atom stereocenters. The second-order valence-corrected chi connectivity index (χ2v) is 8.34. The Balaban J connectivity index is 1.69. The quantitative estimate of drug-likeness (QED) is 0.359. The number of aliphatic imine (C=N–C) groups is 1. The molecule has 0 saturated carbocycles. The van der Waals surface area contributed by atoms with Gasteiger partial charge in [-0.3, -0.25) is 9.89 Å². The number of benzene rings is 1. The molecule has 1 aliphatic heterocycles. The average Bonchev–Trinajstić information content (AvgIpc) is 3.13. The summed E-state index contributed by atoms with van der Waals surface area (Å²) in [6.45, 7) is 8.79. The lowest BCUT2D eigenvalue weighted by Gasteiger charge is -2.21. The maximum Gasteiger partial charge on any atom is 0.416 e. The molecule has 1 saturated heterocycles. The molecule has 0 radical (unpaired) electrons. The molecule has 2 N–H and O–H groups in total. The maximum atomic E-state index is 12.7. The highest BCUT2D eigenvalue weighted by Gasteiger charge is 2.30. The van der Waals surface area contributed by atoms with E-state index in [4.69, 9.17) is 0 Å². The van der Waals surface area contributed by atoms with Gasteiger partial charge in [0.2, 0.25) is 0 Å². The fourth-order valence-electron chi connectivity index (χ4n) is 3.49. The number of hydrogen-bond acceptors (Lipinski definition) is 3. The molecule has 30 heavy (non-hydrogen) atoms. The van der Waals surface area contributed by atoms with E-state index in [-0.39, 0.29) is 6.04 Å². The number of likely N-dealkylation sites (tertiary alicyclic amines) is 1. The fraction of sp³-hybridized carbons (Fsp3) is 0.682. The molecule has 1 unspecified atom stereocenters. The van der Waals surface area contributed by atoms with Crippen LogP contribution in [0.1, 0.15) is 44.2 Å². The molecule has 1 aromatic rings. The highest BCUT2D eigenvalue weighted by atomic mass is 19.4. The lowest BCUT2D eigenvalue weighted by atomic mass is 10.1. The largest absolute Gasteiger partial charge is 0.416 e. The Morgan fingerprint density at radius 1 is 1.23 bits per heavy atom. The van der Waals surface area contributed by atoms with E-state index < -0.39 is 11.7 Å². The minimum Gasteiger partial charge on any atom is -0.356 e. The highest BCUT2D eigenvalue weighted by Crippen LogP contribution is 2.29. The molecule has 8 heteroatoms. The summed E-state index contributed by atoms with van der Waals surface area (Å²) in [7, 11) is 3.92. The highest BCUT2D eigenvalue weighted by molar-refractivity contribution is 5.79. The van der Waals surface area contributed by atoms with Crippen molar-refractivity contribution in [1.29, 1.82) is 0 Å². The second kappa shape index (κ2) is 11.6. The molecule has 2 rings (SSSR count). The summed E-state index contributed by atoms with van der Waals surface area (Å²) >= 11 is 0. The van der Waals surface area contributed by atoms with Gasteiger partial charge in [0.05, 0.1) is 5.56 Å². The van der Waals surface area contributed by atoms with Crippen molar-refractivity contribution in [1.82, 2.24) is 20.4 Å². The van der Waals surface area contributed by atoms with Gasteiger partial charge in [0.25, 0.3) is 0 Å². The molecule has 1 fully saturated rings. The van der Waals surface area contributed by atoms with Gasteiger partial charge in [-0.1, -0.05) is 12.1 Å². The van der Waals surface area contributed by atoms with Crippen LogP contribution in [0, 0.1) is 0 Å². The fourth-order valence-corrected chi connectivity index (χ4v) is 3.49. The van der Waals surface area contributed by atoms with Crippen LogP contribution in [0.3, 0.4) is 0 Å². The van der Waals surface area contributed by atoms with Gasteiger partial charge < -0.3 is 15.5 Å². The molecule has 0 bridgehead atoms. The van der Waals surface area contributed by atoms with E-state index >= 15 is 0 Å². The van der Waals surface area contributed by atoms with Gasteiger partial charge in [-0.25, -0.2) is 0 Å². The Labute approximate surface area is 178 Å². The van der Waals surface area contributed by atoms with Crippen LogP contribution < -0.4 is 10.6 Å². The molecule has 170 valence electrons. The van der Waals surface area contributed by atoms with E-state index in [0.29, 0.717) is 12.6 Å². The van der Waals surface area contributed by atoms with E-state index in [1.807, 2.05) is 0 Å². The standard InChI is InChI=1S/C22H36F3N5/c1-17(2)29(4)13-6-5-12-27-21(26-3)28-20-11-14-30(16-20)15-18-7-9-19(10-8-18)22(23,24)25/h7-10,17,20H,5-6,11-16H2,1-4H3,(H2,26,27,28). The number of guanidine groups is 1. The Kier molecular flexibility index (Phi) is 9.42. The SMILES string of the molecule is CN=C(NCCCCN(C)C(C)C)NC1CCN(Cc2ccc(C(F)(F)F)cc2)C1. The molecule has 1 aliphatic rings. The molecule has 0 spiro atoms. The number of nitrogens with zero attached hydrogens (tertiary/aromatic N) is 3. The topological polar surface area (TPSA) is 42.9 Å². The third-order valence-electron chi connectivity index (χ3n) is 5.64. The van der Waals surface area contributed by atoms with Crippen LogP contribution in [-0.2, 0) is 12.7 Å². The van der Waals surface area contributed by atoms with E-state index in [0.717, 1.165) is 69.1 Å². The molecule has 5 nitrogen and oxygen atoms in total. The summed E-state index contributed by atoms with van der Waals surface area (Å²) in [5.74, 6) is 0.814. The second-order valence-electron chi connectivity index (χ2n) is 8.34. The van der Waals surface area contributed by atoms with Gasteiger partial charge in [0.1, 0.15) is 0 Å². The molecule has 0 aromatic heterocycles. The molecular formula is C22H36F3N5. The zero-order valence-electron chi connectivity index (χ0n) is 18.6. The summed E-state index contributed by atoms with van der Waals surface area (Å²) in [6, 6.07) is 6.32. The van der Waals surface area contributed by atoms with Crippen LogP contribution in [0.4, 0.5) is 13.2 Å². The average molecular weight is 428 g/mol. The van der Waals surface area contributed by atoms with Crippen molar-refractivity contribution >= 4 is 5.96 Å². The van der Waals surface area contributed by atoms with E-state index in [1.54, 1.807) is 19.2 Å². The summed E-state index contributed by atoms with van der Waals surface area (Å²) in [6.07, 6.45) is -1.07. The smallest absolute Gasteiger partial charge is 0.356 e. The van der Waals surface area contributed by atoms with Crippen LogP contribution in [0.25, 0.3) is 0 Å². The Hall–Kier alpha value is -1.80. The van der Waals surface area contributed by atoms with Crippen LogP contribution >= 0.6 is 0 Å². The number of halogens is 3. The summed E-state index contributed by atoms with van der Waals surface area (Å²) in [4.78, 5) is 8.92. The number of nitrogens with one attached hydrogen (secondary N) is 2. The lowest BCUT2D eigenvalue weighted by molar-refractivity contribution is -0.137. The van der Waals surface area contributed by atoms with Crippen molar-refractivity contribution in [3.05, 3.63) is 35.4 Å². The van der Waals surface area contributed by atoms with Crippen molar-refractivity contribution in [2.75, 3.05) is 40.3 Å². The summed E-state index contributed by atoms with van der Waals surface area (Å²) in [5.41, 5.74) is 0.301. The first-order valence-corrected chi connectivity index (χ1v) is 10.7. The summed E-state index contributed by atoms with van der Waals surface area (Å²) < 4.78 is 38.1. The van der Waals surface area contributed by atoms with Gasteiger partial charge in [0.15, 0.2) is 5.96 Å². The normalized spacial score (nSPS) is 18.4. The summed E-state index contributed by atoms with van der Waals surface area (Å²) in [5, 5.41) is 6.85. The molecule has 0 amide bonds. The van der Waals surface area contributed by atoms with Crippen molar-refractivity contribution in [2.24, 2.45) is 4.99 Å². The first-order valence-electron chi connectivity index (χ1n) is 10.7. The minimum atomic E-state index is -4.28. The van der Waals surface area contributed by atoms with Gasteiger partial charge in [-0.2, -0.15) is 13.2 Å². The molecule has 0 aliphatic carbocycles. The van der Waals surface area contributed by atoms with Crippen LogP contribution in [0.2, 0.25) is 0 Å². The zero-order chi connectivity index (χ0) is 22.1. The number of alkyl halides is 3. The first-order chi connectivity index (χ1) is 14.2. The first kappa shape index (κ1) is 24.5. The van der Waals surface area contributed by atoms with Crippen LogP contribution in [0.5, 0.6) is 0 Å². The van der Waals surface area contributed by atoms with Gasteiger partial charge in [-0.05, 0) is 64.4 Å². The third kappa shape index (κ3) is 8.14. The van der Waals surface area contributed by atoms with Gasteiger partial charge >= 0.3 is 6.18 Å². The predicted octanol–water partition coefficient (Wildman–Crippen LogP) is 3.57. The van der Waals surface area contributed by atoms with E-state index in [1.165, 1.54) is 0 Å². The van der Waals surface area contributed by atoms with Crippen molar-refractivity contribution in [2.45, 2.75) is 57.9 Å². The van der Waals surface area contributed by atoms with Crippen molar-refractivity contribution in [3.8, 4) is 0 Å². The van der Waals surface area contributed by atoms with Crippen molar-refractivity contribution in [3.63, 3.8) is 0 Å². The predicted molar refractivity (Wildman–Crippen MR) is 117 cm³/mol. The van der Waals surface area contributed by atoms with Crippen LogP contribution in [-0.4, -0.2) is 68.1 Å². The van der Waals surface area contributed by atoms with E-state index in [9.17, 15) is 13.2 Å². The van der Waals surface area contributed by atoms with Crippen molar-refractivity contribution < 1.29 is 13.2 Å². The number of hydrogen-bond donors (Lipinski definition) is 2. The number of unbranched alkanes of at least 4 members (excludes halogenated alkanes) is 1. The number of rotatable bonds is 9. The zero-order valence-corrected chi connectivity index (χ0v) is 18.6. The molecular weight excluding hydrogens is 391 g/mol. The van der Waals surface area contributed by atoms with E-state index in [2.05, 4.69) is 46.3 Å². The molecule has 1 heterocycles. The van der Waals surface area contributed by atoms with Gasteiger partial charge in [-0.15, -0.1) is 0 Å².